The molecule has 5 heteroatoms. The lowest BCUT2D eigenvalue weighted by Crippen LogP contribution is -2.26. The van der Waals surface area contributed by atoms with Gasteiger partial charge in [0.1, 0.15) is 17.6 Å². The van der Waals surface area contributed by atoms with Crippen LogP contribution in [0.2, 0.25) is 0 Å². The Bertz CT molecular complexity index is 716. The van der Waals surface area contributed by atoms with Gasteiger partial charge in [0, 0.05) is 44.5 Å². The molecule has 3 heterocycles. The highest BCUT2D eigenvalue weighted by Crippen LogP contribution is 2.26. The van der Waals surface area contributed by atoms with Crippen LogP contribution in [-0.2, 0) is 20.1 Å². The van der Waals surface area contributed by atoms with Crippen molar-refractivity contribution in [2.75, 3.05) is 6.54 Å². The number of nitrogens with zero attached hydrogens (tertiary/aromatic N) is 4. The van der Waals surface area contributed by atoms with Crippen molar-refractivity contribution in [1.82, 2.24) is 19.4 Å². The lowest BCUT2D eigenvalue weighted by molar-refractivity contribution is 0.422. The highest BCUT2D eigenvalue weighted by atomic mass is 15.1. The molecule has 1 aliphatic rings. The molecule has 2 aromatic rings. The summed E-state index contributed by atoms with van der Waals surface area (Å²) in [5.41, 5.74) is 4.19. The first-order valence-electron chi connectivity index (χ1n) is 7.90. The third-order valence-corrected chi connectivity index (χ3v) is 4.71. The number of nitriles is 1. The Labute approximate surface area is 131 Å². The lowest BCUT2D eigenvalue weighted by Gasteiger charge is -2.23. The molecule has 2 aromatic heterocycles. The van der Waals surface area contributed by atoms with Crippen molar-refractivity contribution in [3.8, 4) is 6.07 Å². The summed E-state index contributed by atoms with van der Waals surface area (Å²) >= 11 is 0. The van der Waals surface area contributed by atoms with Gasteiger partial charge in [-0.2, -0.15) is 5.26 Å². The Morgan fingerprint density at radius 3 is 3.00 bits per heavy atom. The molecule has 5 nitrogen and oxygen atoms in total. The predicted molar refractivity (Wildman–Crippen MR) is 85.5 cm³/mol. The number of rotatable bonds is 4. The second-order valence-electron chi connectivity index (χ2n) is 6.21. The van der Waals surface area contributed by atoms with E-state index in [2.05, 4.69) is 41.0 Å². The van der Waals surface area contributed by atoms with Gasteiger partial charge in [-0.3, -0.25) is 0 Å². The van der Waals surface area contributed by atoms with E-state index in [-0.39, 0.29) is 0 Å². The summed E-state index contributed by atoms with van der Waals surface area (Å²) in [6.45, 7) is 6.96. The number of fused-ring (bicyclic) bond motifs is 1. The molecule has 0 saturated heterocycles. The van der Waals surface area contributed by atoms with E-state index in [0.717, 1.165) is 36.7 Å². The van der Waals surface area contributed by atoms with E-state index in [9.17, 15) is 0 Å². The number of imidazole rings is 1. The second-order valence-corrected chi connectivity index (χ2v) is 6.21. The molecule has 22 heavy (non-hydrogen) atoms. The van der Waals surface area contributed by atoms with Crippen molar-refractivity contribution in [2.45, 2.75) is 45.7 Å². The van der Waals surface area contributed by atoms with E-state index in [1.54, 1.807) is 0 Å². The van der Waals surface area contributed by atoms with Crippen molar-refractivity contribution in [3.63, 3.8) is 0 Å². The average Bonchev–Trinajstić information content (AvgIpc) is 3.01. The summed E-state index contributed by atoms with van der Waals surface area (Å²) < 4.78 is 4.25. The molecule has 0 spiro atoms. The zero-order valence-electron chi connectivity index (χ0n) is 13.6. The third kappa shape index (κ3) is 2.67. The van der Waals surface area contributed by atoms with E-state index >= 15 is 0 Å². The highest BCUT2D eigenvalue weighted by molar-refractivity contribution is 5.34. The van der Waals surface area contributed by atoms with Gasteiger partial charge < -0.3 is 14.5 Å². The summed E-state index contributed by atoms with van der Waals surface area (Å²) in [6.07, 6.45) is 4.57. The Balaban J connectivity index is 1.64. The summed E-state index contributed by atoms with van der Waals surface area (Å²) in [6, 6.07) is 4.21. The smallest absolute Gasteiger partial charge is 0.120 e. The van der Waals surface area contributed by atoms with Gasteiger partial charge in [-0.05, 0) is 38.3 Å². The van der Waals surface area contributed by atoms with Gasteiger partial charge in [-0.25, -0.2) is 4.98 Å². The van der Waals surface area contributed by atoms with Crippen LogP contribution in [0.15, 0.2) is 12.3 Å². The SMILES string of the molecule is Cc1cn2c(n1)[C@H](CNCc1cc(C#N)n(C)c1C)CCC2. The van der Waals surface area contributed by atoms with Crippen LogP contribution in [0.5, 0.6) is 0 Å². The molecule has 1 N–H and O–H groups in total. The standard InChI is InChI=1S/C17H23N5/c1-12-11-22-6-4-5-14(17(22)20-12)9-19-10-15-7-16(8-18)21(3)13(15)2/h7,11,14,19H,4-6,9-10H2,1-3H3/t14-/m0/s1. The Kier molecular flexibility index (Phi) is 4.04. The van der Waals surface area contributed by atoms with E-state index < -0.39 is 0 Å². The predicted octanol–water partition coefficient (Wildman–Crippen LogP) is 2.38. The van der Waals surface area contributed by atoms with Gasteiger partial charge in [-0.15, -0.1) is 0 Å². The van der Waals surface area contributed by atoms with Gasteiger partial charge in [0.15, 0.2) is 0 Å². The van der Waals surface area contributed by atoms with Gasteiger partial charge in [0.25, 0.3) is 0 Å². The number of hydrogen-bond donors (Lipinski definition) is 1. The molecule has 0 bridgehead atoms. The quantitative estimate of drug-likeness (QED) is 0.942. The first-order valence-corrected chi connectivity index (χ1v) is 7.90. The van der Waals surface area contributed by atoms with E-state index in [0.29, 0.717) is 5.92 Å². The minimum atomic E-state index is 0.488. The first-order chi connectivity index (χ1) is 10.6. The minimum Gasteiger partial charge on any atom is -0.340 e. The molecule has 1 aliphatic heterocycles. The zero-order valence-corrected chi connectivity index (χ0v) is 13.6. The van der Waals surface area contributed by atoms with Crippen LogP contribution in [0.3, 0.4) is 0 Å². The molecule has 0 aliphatic carbocycles. The van der Waals surface area contributed by atoms with Crippen LogP contribution >= 0.6 is 0 Å². The van der Waals surface area contributed by atoms with Crippen LogP contribution < -0.4 is 5.32 Å². The van der Waals surface area contributed by atoms with Crippen LogP contribution in [0, 0.1) is 25.2 Å². The maximum absolute atomic E-state index is 9.09. The average molecular weight is 297 g/mol. The molecule has 0 fully saturated rings. The van der Waals surface area contributed by atoms with E-state index in [4.69, 9.17) is 5.26 Å². The topological polar surface area (TPSA) is 58.6 Å². The van der Waals surface area contributed by atoms with Crippen molar-refractivity contribution < 1.29 is 0 Å². The maximum Gasteiger partial charge on any atom is 0.120 e. The number of aryl methyl sites for hydroxylation is 2. The normalized spacial score (nSPS) is 17.3. The van der Waals surface area contributed by atoms with Crippen molar-refractivity contribution >= 4 is 0 Å². The lowest BCUT2D eigenvalue weighted by atomic mass is 9.99. The number of nitrogens with one attached hydrogen (secondary N) is 1. The summed E-state index contributed by atoms with van der Waals surface area (Å²) in [4.78, 5) is 4.68. The monoisotopic (exact) mass is 297 g/mol. The van der Waals surface area contributed by atoms with Gasteiger partial charge in [-0.1, -0.05) is 0 Å². The fourth-order valence-electron chi connectivity index (χ4n) is 3.33. The Morgan fingerprint density at radius 1 is 1.45 bits per heavy atom. The maximum atomic E-state index is 9.09. The van der Waals surface area contributed by atoms with Crippen LogP contribution in [0.4, 0.5) is 0 Å². The van der Waals surface area contributed by atoms with Crippen LogP contribution in [0.1, 0.15) is 47.2 Å². The number of hydrogen-bond acceptors (Lipinski definition) is 3. The molecule has 0 aromatic carbocycles. The molecule has 0 radical (unpaired) electrons. The van der Waals surface area contributed by atoms with Crippen molar-refractivity contribution in [1.29, 1.82) is 5.26 Å². The third-order valence-electron chi connectivity index (χ3n) is 4.71. The molecule has 3 rings (SSSR count). The zero-order chi connectivity index (χ0) is 15.7. The minimum absolute atomic E-state index is 0.488. The van der Waals surface area contributed by atoms with Crippen LogP contribution in [-0.4, -0.2) is 20.7 Å². The second kappa shape index (κ2) is 5.98. The fourth-order valence-corrected chi connectivity index (χ4v) is 3.33. The summed E-state index contributed by atoms with van der Waals surface area (Å²) in [7, 11) is 1.94. The molecule has 0 unspecified atom stereocenters. The Morgan fingerprint density at radius 2 is 2.27 bits per heavy atom. The molecule has 0 amide bonds. The van der Waals surface area contributed by atoms with Gasteiger partial charge in [0.05, 0.1) is 5.69 Å². The summed E-state index contributed by atoms with van der Waals surface area (Å²) in [5.74, 6) is 1.71. The molecule has 0 saturated carbocycles. The molecule has 116 valence electrons. The molecular weight excluding hydrogens is 274 g/mol. The van der Waals surface area contributed by atoms with Gasteiger partial charge >= 0.3 is 0 Å². The van der Waals surface area contributed by atoms with Crippen molar-refractivity contribution in [2.24, 2.45) is 7.05 Å². The van der Waals surface area contributed by atoms with E-state index in [1.165, 1.54) is 24.2 Å². The number of aromatic nitrogens is 3. The first kappa shape index (κ1) is 14.9. The highest BCUT2D eigenvalue weighted by Gasteiger charge is 2.22. The van der Waals surface area contributed by atoms with Crippen LogP contribution in [0.25, 0.3) is 0 Å². The fraction of sp³-hybridized carbons (Fsp3) is 0.529. The largest absolute Gasteiger partial charge is 0.340 e. The molecule has 1 atom stereocenters. The molecular formula is C17H23N5. The van der Waals surface area contributed by atoms with E-state index in [1.807, 2.05) is 17.7 Å². The van der Waals surface area contributed by atoms with Crippen molar-refractivity contribution in [3.05, 3.63) is 40.7 Å². The summed E-state index contributed by atoms with van der Waals surface area (Å²) in [5, 5.41) is 12.6. The van der Waals surface area contributed by atoms with Gasteiger partial charge in [0.2, 0.25) is 0 Å². The Hall–Kier alpha value is -2.06.